The van der Waals surface area contributed by atoms with Gasteiger partial charge < -0.3 is 4.74 Å². The fourth-order valence-electron chi connectivity index (χ4n) is 1.04. The number of hydrogen-bond donors (Lipinski definition) is 0. The highest BCUT2D eigenvalue weighted by atomic mass is 35.5. The van der Waals surface area contributed by atoms with Crippen LogP contribution < -0.4 is 0 Å². The first kappa shape index (κ1) is 12.2. The number of esters is 1. The molecule has 0 aromatic heterocycles. The van der Waals surface area contributed by atoms with Gasteiger partial charge in [-0.25, -0.2) is 4.79 Å². The van der Waals surface area contributed by atoms with E-state index in [1.54, 1.807) is 0 Å². The van der Waals surface area contributed by atoms with E-state index in [2.05, 4.69) is 6.58 Å². The minimum atomic E-state index is -0.797. The number of nitro benzene ring substituents is 1. The number of halogens is 1. The summed E-state index contributed by atoms with van der Waals surface area (Å²) in [6.07, 6.45) is 1.37. The molecule has 0 saturated heterocycles. The summed E-state index contributed by atoms with van der Waals surface area (Å²) in [5.41, 5.74) is -0.502. The fourth-order valence-corrected chi connectivity index (χ4v) is 1.22. The van der Waals surface area contributed by atoms with Crippen LogP contribution in [0.5, 0.6) is 0 Å². The maximum Gasteiger partial charge on any atom is 0.345 e. The van der Waals surface area contributed by atoms with Crippen LogP contribution in [0.25, 0.3) is 0 Å². The Kier molecular flexibility index (Phi) is 4.02. The van der Waals surface area contributed by atoms with Gasteiger partial charge in [-0.05, 0) is 12.1 Å². The van der Waals surface area contributed by atoms with Gasteiger partial charge in [-0.2, -0.15) is 0 Å². The van der Waals surface area contributed by atoms with Gasteiger partial charge >= 0.3 is 5.97 Å². The number of benzene rings is 1. The van der Waals surface area contributed by atoms with Gasteiger partial charge in [0.05, 0.1) is 4.92 Å². The normalized spacial score (nSPS) is 9.56. The maximum absolute atomic E-state index is 11.4. The van der Waals surface area contributed by atoms with E-state index in [-0.39, 0.29) is 22.9 Å². The molecule has 84 valence electrons. The van der Waals surface area contributed by atoms with Gasteiger partial charge in [0.25, 0.3) is 5.69 Å². The van der Waals surface area contributed by atoms with Gasteiger partial charge in [-0.15, -0.1) is 0 Å². The largest absolute Gasteiger partial charge is 0.458 e. The molecule has 0 bridgehead atoms. The van der Waals surface area contributed by atoms with E-state index in [4.69, 9.17) is 16.3 Å². The molecule has 0 aliphatic carbocycles. The SMILES string of the molecule is C=CCOC(=O)c1cc(Cl)ccc1[N+](=O)[O-]. The molecule has 0 aliphatic rings. The average Bonchev–Trinajstić information content (AvgIpc) is 2.25. The monoisotopic (exact) mass is 241 g/mol. The van der Waals surface area contributed by atoms with E-state index >= 15 is 0 Å². The number of nitrogens with zero attached hydrogens (tertiary/aromatic N) is 1. The van der Waals surface area contributed by atoms with Crippen LogP contribution in [0.3, 0.4) is 0 Å². The summed E-state index contributed by atoms with van der Waals surface area (Å²) in [5.74, 6) is -0.797. The first-order valence-corrected chi connectivity index (χ1v) is 4.66. The molecule has 6 heteroatoms. The molecule has 0 amide bonds. The van der Waals surface area contributed by atoms with Crippen LogP contribution in [0.15, 0.2) is 30.9 Å². The molecule has 0 spiro atoms. The molecule has 0 unspecified atom stereocenters. The molecule has 0 aliphatic heterocycles. The molecule has 1 rings (SSSR count). The molecular weight excluding hydrogens is 234 g/mol. The lowest BCUT2D eigenvalue weighted by molar-refractivity contribution is -0.385. The Hall–Kier alpha value is -1.88. The van der Waals surface area contributed by atoms with Crippen molar-refractivity contribution in [3.05, 3.63) is 51.6 Å². The molecule has 0 fully saturated rings. The standard InChI is InChI=1S/C10H8ClNO4/c1-2-5-16-10(13)8-6-7(11)3-4-9(8)12(14)15/h2-4,6H,1,5H2. The Morgan fingerprint density at radius 2 is 2.31 bits per heavy atom. The smallest absolute Gasteiger partial charge is 0.345 e. The summed E-state index contributed by atoms with van der Waals surface area (Å²) in [5, 5.41) is 10.9. The van der Waals surface area contributed by atoms with Gasteiger partial charge in [-0.1, -0.05) is 24.3 Å². The van der Waals surface area contributed by atoms with Gasteiger partial charge in [0.2, 0.25) is 0 Å². The van der Waals surface area contributed by atoms with Crippen LogP contribution in [-0.2, 0) is 4.74 Å². The molecule has 5 nitrogen and oxygen atoms in total. The number of carbonyl (C=O) groups excluding carboxylic acids is 1. The summed E-state index contributed by atoms with van der Waals surface area (Å²) in [6.45, 7) is 3.35. The van der Waals surface area contributed by atoms with Crippen molar-refractivity contribution in [2.75, 3.05) is 6.61 Å². The third-order valence-corrected chi connectivity index (χ3v) is 1.94. The van der Waals surface area contributed by atoms with Crippen LogP contribution in [0.1, 0.15) is 10.4 Å². The van der Waals surface area contributed by atoms with Crippen LogP contribution >= 0.6 is 11.6 Å². The minimum Gasteiger partial charge on any atom is -0.458 e. The molecule has 1 aromatic carbocycles. The van der Waals surface area contributed by atoms with E-state index in [9.17, 15) is 14.9 Å². The zero-order valence-corrected chi connectivity index (χ0v) is 8.94. The Morgan fingerprint density at radius 3 is 2.88 bits per heavy atom. The quantitative estimate of drug-likeness (QED) is 0.352. The molecule has 0 heterocycles. The van der Waals surface area contributed by atoms with Gasteiger partial charge in [0.15, 0.2) is 0 Å². The van der Waals surface area contributed by atoms with Crippen LogP contribution in [-0.4, -0.2) is 17.5 Å². The molecular formula is C10H8ClNO4. The predicted octanol–water partition coefficient (Wildman–Crippen LogP) is 2.59. The van der Waals surface area contributed by atoms with Crippen molar-refractivity contribution in [2.24, 2.45) is 0 Å². The Morgan fingerprint density at radius 1 is 1.62 bits per heavy atom. The highest BCUT2D eigenvalue weighted by molar-refractivity contribution is 6.31. The molecule has 0 atom stereocenters. The lowest BCUT2D eigenvalue weighted by atomic mass is 10.2. The number of carbonyl (C=O) groups is 1. The highest BCUT2D eigenvalue weighted by Crippen LogP contribution is 2.23. The van der Waals surface area contributed by atoms with E-state index in [0.29, 0.717) is 0 Å². The van der Waals surface area contributed by atoms with Crippen molar-refractivity contribution in [3.8, 4) is 0 Å². The van der Waals surface area contributed by atoms with Gasteiger partial charge in [0.1, 0.15) is 12.2 Å². The molecule has 0 radical (unpaired) electrons. The van der Waals surface area contributed by atoms with Crippen molar-refractivity contribution in [1.82, 2.24) is 0 Å². The topological polar surface area (TPSA) is 69.4 Å². The molecule has 0 N–H and O–H groups in total. The summed E-state index contributed by atoms with van der Waals surface area (Å²) < 4.78 is 4.70. The number of ether oxygens (including phenoxy) is 1. The Balaban J connectivity index is 3.09. The van der Waals surface area contributed by atoms with Crippen LogP contribution in [0.2, 0.25) is 5.02 Å². The maximum atomic E-state index is 11.4. The fraction of sp³-hybridized carbons (Fsp3) is 0.100. The number of rotatable bonds is 4. The van der Waals surface area contributed by atoms with E-state index < -0.39 is 10.9 Å². The number of hydrogen-bond acceptors (Lipinski definition) is 4. The zero-order valence-electron chi connectivity index (χ0n) is 8.18. The molecule has 16 heavy (non-hydrogen) atoms. The van der Waals surface area contributed by atoms with Crippen molar-refractivity contribution in [1.29, 1.82) is 0 Å². The summed E-state index contributed by atoms with van der Waals surface area (Å²) >= 11 is 5.65. The average molecular weight is 242 g/mol. The second-order valence-corrected chi connectivity index (χ2v) is 3.24. The second-order valence-electron chi connectivity index (χ2n) is 2.81. The van der Waals surface area contributed by atoms with Crippen molar-refractivity contribution in [2.45, 2.75) is 0 Å². The first-order chi connectivity index (χ1) is 7.56. The Labute approximate surface area is 96.4 Å². The van der Waals surface area contributed by atoms with E-state index in [1.165, 1.54) is 18.2 Å². The predicted molar refractivity (Wildman–Crippen MR) is 58.6 cm³/mol. The summed E-state index contributed by atoms with van der Waals surface area (Å²) in [6, 6.07) is 3.70. The number of nitro groups is 1. The van der Waals surface area contributed by atoms with E-state index in [1.807, 2.05) is 0 Å². The zero-order chi connectivity index (χ0) is 12.1. The second kappa shape index (κ2) is 5.27. The van der Waals surface area contributed by atoms with Crippen molar-refractivity contribution in [3.63, 3.8) is 0 Å². The Bertz CT molecular complexity index is 444. The van der Waals surface area contributed by atoms with E-state index in [0.717, 1.165) is 6.07 Å². The van der Waals surface area contributed by atoms with Crippen LogP contribution in [0.4, 0.5) is 5.69 Å². The van der Waals surface area contributed by atoms with Crippen molar-refractivity contribution < 1.29 is 14.5 Å². The van der Waals surface area contributed by atoms with Crippen LogP contribution in [0, 0.1) is 10.1 Å². The first-order valence-electron chi connectivity index (χ1n) is 4.28. The lowest BCUT2D eigenvalue weighted by Gasteiger charge is -2.03. The lowest BCUT2D eigenvalue weighted by Crippen LogP contribution is -2.08. The third-order valence-electron chi connectivity index (χ3n) is 1.71. The van der Waals surface area contributed by atoms with Crippen molar-refractivity contribution >= 4 is 23.3 Å². The summed E-state index contributed by atoms with van der Waals surface area (Å²) in [4.78, 5) is 21.4. The summed E-state index contributed by atoms with van der Waals surface area (Å²) in [7, 11) is 0. The molecule has 0 saturated carbocycles. The third kappa shape index (κ3) is 2.80. The molecule has 1 aromatic rings. The van der Waals surface area contributed by atoms with Gasteiger partial charge in [0, 0.05) is 11.1 Å². The minimum absolute atomic E-state index is 0.0114. The highest BCUT2D eigenvalue weighted by Gasteiger charge is 2.21. The van der Waals surface area contributed by atoms with Gasteiger partial charge in [-0.3, -0.25) is 10.1 Å².